The average Bonchev–Trinajstić information content (AvgIpc) is 2.92. The van der Waals surface area contributed by atoms with E-state index in [1.165, 1.54) is 4.88 Å². The van der Waals surface area contributed by atoms with E-state index in [0.29, 0.717) is 5.82 Å². The minimum Gasteiger partial charge on any atom is -0.383 e. The van der Waals surface area contributed by atoms with Crippen molar-refractivity contribution in [2.24, 2.45) is 0 Å². The first-order chi connectivity index (χ1) is 9.79. The van der Waals surface area contributed by atoms with Crippen molar-refractivity contribution in [3.05, 3.63) is 53.5 Å². The topological polar surface area (TPSA) is 51.8 Å². The molecule has 2 N–H and O–H groups in total. The quantitative estimate of drug-likeness (QED) is 0.789. The van der Waals surface area contributed by atoms with Gasteiger partial charge in [0.25, 0.3) is 0 Å². The lowest BCUT2D eigenvalue weighted by atomic mass is 10.1. The van der Waals surface area contributed by atoms with Gasteiger partial charge in [-0.15, -0.1) is 11.3 Å². The zero-order valence-electron chi connectivity index (χ0n) is 11.2. The lowest BCUT2D eigenvalue weighted by Crippen LogP contribution is -1.92. The third-order valence-electron chi connectivity index (χ3n) is 3.13. The summed E-state index contributed by atoms with van der Waals surface area (Å²) in [7, 11) is 0. The summed E-state index contributed by atoms with van der Waals surface area (Å²) in [5.74, 6) is 0.531. The van der Waals surface area contributed by atoms with Crippen LogP contribution in [0.5, 0.6) is 0 Å². The summed E-state index contributed by atoms with van der Waals surface area (Å²) in [6.07, 6.45) is 2.66. The standard InChI is InChI=1S/C16H15N3S/c1-2-13-14(11-7-4-3-5-8-11)19-16(20-13)12-9-6-10-18-15(12)17/h3-10H,2H2,1H3,(H2,17,18). The van der Waals surface area contributed by atoms with Gasteiger partial charge in [0.15, 0.2) is 0 Å². The summed E-state index contributed by atoms with van der Waals surface area (Å²) < 4.78 is 0. The van der Waals surface area contributed by atoms with Crippen molar-refractivity contribution in [2.75, 3.05) is 5.73 Å². The van der Waals surface area contributed by atoms with E-state index < -0.39 is 0 Å². The molecular formula is C16H15N3S. The Morgan fingerprint density at radius 2 is 1.90 bits per heavy atom. The number of pyridine rings is 1. The first-order valence-electron chi connectivity index (χ1n) is 6.55. The van der Waals surface area contributed by atoms with Crippen molar-refractivity contribution in [1.29, 1.82) is 0 Å². The Morgan fingerprint density at radius 1 is 1.10 bits per heavy atom. The molecule has 0 spiro atoms. The Morgan fingerprint density at radius 3 is 2.60 bits per heavy atom. The highest BCUT2D eigenvalue weighted by Crippen LogP contribution is 2.35. The van der Waals surface area contributed by atoms with Crippen LogP contribution < -0.4 is 5.73 Å². The second-order valence-corrected chi connectivity index (χ2v) is 5.53. The predicted molar refractivity (Wildman–Crippen MR) is 84.6 cm³/mol. The summed E-state index contributed by atoms with van der Waals surface area (Å²) in [5, 5.41) is 0.936. The number of aryl methyl sites for hydroxylation is 1. The second kappa shape index (κ2) is 5.43. The molecule has 1 aromatic carbocycles. The average molecular weight is 281 g/mol. The number of benzene rings is 1. The van der Waals surface area contributed by atoms with E-state index >= 15 is 0 Å². The Labute approximate surface area is 122 Å². The van der Waals surface area contributed by atoms with Crippen LogP contribution in [0.25, 0.3) is 21.8 Å². The number of hydrogen-bond donors (Lipinski definition) is 1. The molecule has 0 aliphatic heterocycles. The number of nitrogens with zero attached hydrogens (tertiary/aromatic N) is 2. The highest BCUT2D eigenvalue weighted by atomic mass is 32.1. The smallest absolute Gasteiger partial charge is 0.133 e. The van der Waals surface area contributed by atoms with E-state index in [1.54, 1.807) is 17.5 Å². The maximum atomic E-state index is 5.95. The van der Waals surface area contributed by atoms with Crippen molar-refractivity contribution in [3.63, 3.8) is 0 Å². The van der Waals surface area contributed by atoms with Crippen LogP contribution in [0.15, 0.2) is 48.7 Å². The summed E-state index contributed by atoms with van der Waals surface area (Å²) in [4.78, 5) is 10.2. The zero-order valence-corrected chi connectivity index (χ0v) is 12.0. The van der Waals surface area contributed by atoms with Crippen molar-refractivity contribution in [2.45, 2.75) is 13.3 Å². The molecule has 3 nitrogen and oxygen atoms in total. The number of nitrogen functional groups attached to an aromatic ring is 1. The third-order valence-corrected chi connectivity index (χ3v) is 4.37. The Kier molecular flexibility index (Phi) is 3.48. The second-order valence-electron chi connectivity index (χ2n) is 4.45. The van der Waals surface area contributed by atoms with Gasteiger partial charge in [-0.3, -0.25) is 0 Å². The van der Waals surface area contributed by atoms with Crippen LogP contribution in [-0.2, 0) is 6.42 Å². The molecule has 100 valence electrons. The molecule has 20 heavy (non-hydrogen) atoms. The minimum absolute atomic E-state index is 0.531. The number of nitrogens with two attached hydrogens (primary N) is 1. The van der Waals surface area contributed by atoms with Gasteiger partial charge in [-0.1, -0.05) is 37.3 Å². The number of thiazole rings is 1. The molecule has 0 aliphatic carbocycles. The Hall–Kier alpha value is -2.20. The molecular weight excluding hydrogens is 266 g/mol. The molecule has 0 aliphatic rings. The molecule has 0 saturated heterocycles. The van der Waals surface area contributed by atoms with E-state index in [0.717, 1.165) is 28.2 Å². The van der Waals surface area contributed by atoms with Gasteiger partial charge >= 0.3 is 0 Å². The fourth-order valence-corrected chi connectivity index (χ4v) is 3.18. The van der Waals surface area contributed by atoms with Gasteiger partial charge in [0.1, 0.15) is 10.8 Å². The number of rotatable bonds is 3. The molecule has 3 aromatic rings. The van der Waals surface area contributed by atoms with E-state index in [9.17, 15) is 0 Å². The van der Waals surface area contributed by atoms with Crippen LogP contribution in [0.3, 0.4) is 0 Å². The van der Waals surface area contributed by atoms with E-state index in [4.69, 9.17) is 10.7 Å². The predicted octanol–water partition coefficient (Wildman–Crippen LogP) is 4.02. The van der Waals surface area contributed by atoms with E-state index in [-0.39, 0.29) is 0 Å². The van der Waals surface area contributed by atoms with Crippen LogP contribution in [-0.4, -0.2) is 9.97 Å². The lowest BCUT2D eigenvalue weighted by Gasteiger charge is -1.99. The van der Waals surface area contributed by atoms with Crippen molar-refractivity contribution < 1.29 is 0 Å². The largest absolute Gasteiger partial charge is 0.383 e. The molecule has 3 rings (SSSR count). The molecule has 0 atom stereocenters. The normalized spacial score (nSPS) is 10.7. The van der Waals surface area contributed by atoms with Crippen molar-refractivity contribution >= 4 is 17.2 Å². The molecule has 0 radical (unpaired) electrons. The summed E-state index contributed by atoms with van der Waals surface area (Å²) in [6.45, 7) is 2.15. The molecule has 0 saturated carbocycles. The van der Waals surface area contributed by atoms with E-state index in [2.05, 4.69) is 24.0 Å². The summed E-state index contributed by atoms with van der Waals surface area (Å²) >= 11 is 1.69. The SMILES string of the molecule is CCc1sc(-c2cccnc2N)nc1-c1ccccc1. The minimum atomic E-state index is 0.531. The van der Waals surface area contributed by atoms with Crippen molar-refractivity contribution in [3.8, 4) is 21.8 Å². The molecule has 0 bridgehead atoms. The monoisotopic (exact) mass is 281 g/mol. The third kappa shape index (κ3) is 2.30. The maximum Gasteiger partial charge on any atom is 0.133 e. The Balaban J connectivity index is 2.13. The molecule has 0 unspecified atom stereocenters. The fourth-order valence-electron chi connectivity index (χ4n) is 2.13. The fraction of sp³-hybridized carbons (Fsp3) is 0.125. The summed E-state index contributed by atoms with van der Waals surface area (Å²) in [5.41, 5.74) is 9.06. The van der Waals surface area contributed by atoms with Gasteiger partial charge in [-0.05, 0) is 18.6 Å². The molecule has 4 heteroatoms. The number of hydrogen-bond acceptors (Lipinski definition) is 4. The van der Waals surface area contributed by atoms with Crippen LogP contribution in [0.4, 0.5) is 5.82 Å². The van der Waals surface area contributed by atoms with Crippen molar-refractivity contribution in [1.82, 2.24) is 9.97 Å². The van der Waals surface area contributed by atoms with Gasteiger partial charge in [0.05, 0.1) is 11.3 Å². The zero-order chi connectivity index (χ0) is 13.9. The summed E-state index contributed by atoms with van der Waals surface area (Å²) in [6, 6.07) is 14.1. The highest BCUT2D eigenvalue weighted by Gasteiger charge is 2.14. The van der Waals surface area contributed by atoms with Gasteiger partial charge < -0.3 is 5.73 Å². The van der Waals surface area contributed by atoms with Gasteiger partial charge in [0.2, 0.25) is 0 Å². The lowest BCUT2D eigenvalue weighted by molar-refractivity contribution is 1.17. The molecule has 2 aromatic heterocycles. The van der Waals surface area contributed by atoms with Gasteiger partial charge in [-0.25, -0.2) is 9.97 Å². The van der Waals surface area contributed by atoms with E-state index in [1.807, 2.05) is 30.3 Å². The molecule has 2 heterocycles. The van der Waals surface area contributed by atoms with Crippen LogP contribution in [0, 0.1) is 0 Å². The maximum absolute atomic E-state index is 5.95. The Bertz CT molecular complexity index is 720. The number of anilines is 1. The van der Waals surface area contributed by atoms with Crippen LogP contribution in [0.1, 0.15) is 11.8 Å². The highest BCUT2D eigenvalue weighted by molar-refractivity contribution is 7.15. The van der Waals surface area contributed by atoms with Gasteiger partial charge in [0, 0.05) is 16.6 Å². The molecule has 0 amide bonds. The molecule has 0 fully saturated rings. The van der Waals surface area contributed by atoms with Crippen LogP contribution >= 0.6 is 11.3 Å². The van der Waals surface area contributed by atoms with Crippen LogP contribution in [0.2, 0.25) is 0 Å². The number of aromatic nitrogens is 2. The van der Waals surface area contributed by atoms with Gasteiger partial charge in [-0.2, -0.15) is 0 Å². The first-order valence-corrected chi connectivity index (χ1v) is 7.37. The first kappa shape index (κ1) is 12.8.